The summed E-state index contributed by atoms with van der Waals surface area (Å²) in [6, 6.07) is 7.23. The molecule has 3 aromatic rings. The molecule has 0 radical (unpaired) electrons. The number of fused-ring (bicyclic) bond motifs is 1. The van der Waals surface area contributed by atoms with Gasteiger partial charge >= 0.3 is 6.03 Å². The van der Waals surface area contributed by atoms with Crippen LogP contribution in [-0.2, 0) is 0 Å². The van der Waals surface area contributed by atoms with Gasteiger partial charge in [-0.3, -0.25) is 9.38 Å². The molecule has 152 valence electrons. The number of amides is 2. The lowest BCUT2D eigenvalue weighted by molar-refractivity contribution is 0.168. The third-order valence-electron chi connectivity index (χ3n) is 5.50. The number of nitrogens with zero attached hydrogens (tertiary/aromatic N) is 5. The fourth-order valence-corrected chi connectivity index (χ4v) is 4.00. The Kier molecular flexibility index (Phi) is 5.08. The first kappa shape index (κ1) is 19.2. The molecular weight excluding hydrogens is 371 g/mol. The second-order valence-corrected chi connectivity index (χ2v) is 7.53. The van der Waals surface area contributed by atoms with E-state index in [1.165, 1.54) is 6.20 Å². The van der Waals surface area contributed by atoms with Crippen molar-refractivity contribution >= 4 is 17.4 Å². The average molecular weight is 396 g/mol. The van der Waals surface area contributed by atoms with Crippen LogP contribution in [0.1, 0.15) is 31.3 Å². The van der Waals surface area contributed by atoms with Gasteiger partial charge in [-0.05, 0) is 39.0 Å². The molecule has 4 heterocycles. The number of urea groups is 1. The highest BCUT2D eigenvalue weighted by Crippen LogP contribution is 2.22. The van der Waals surface area contributed by atoms with Crippen LogP contribution >= 0.6 is 0 Å². The Morgan fingerprint density at radius 1 is 1.28 bits per heavy atom. The molecule has 7 nitrogen and oxygen atoms in total. The fraction of sp³-hybridized carbons (Fsp3) is 0.381. The standard InChI is InChI=1S/C21H25FN6O/c1-14-11-24-20-6-4-5-18(28(14)20)16(3)25-21(29)27-10-9-26(13-15(27)2)19-7-8-23-12-17(19)22/h4-8,11-12,15-16H,9-10,13H2,1-3H3,(H,25,29)/t15-,16?/m1/s1. The number of anilines is 1. The molecule has 1 unspecified atom stereocenters. The van der Waals surface area contributed by atoms with Crippen molar-refractivity contribution < 1.29 is 9.18 Å². The van der Waals surface area contributed by atoms with E-state index in [1.54, 1.807) is 12.3 Å². The number of carbonyl (C=O) groups is 1. The minimum absolute atomic E-state index is 0.0470. The largest absolute Gasteiger partial charge is 0.365 e. The van der Waals surface area contributed by atoms with Gasteiger partial charge in [0.1, 0.15) is 5.65 Å². The van der Waals surface area contributed by atoms with Crippen molar-refractivity contribution in [2.45, 2.75) is 32.9 Å². The fourth-order valence-electron chi connectivity index (χ4n) is 4.00. The summed E-state index contributed by atoms with van der Waals surface area (Å²) in [5.41, 5.74) is 3.40. The second-order valence-electron chi connectivity index (χ2n) is 7.53. The van der Waals surface area contributed by atoms with Gasteiger partial charge in [0.25, 0.3) is 0 Å². The monoisotopic (exact) mass is 396 g/mol. The van der Waals surface area contributed by atoms with Gasteiger partial charge in [-0.1, -0.05) is 6.07 Å². The number of rotatable bonds is 3. The number of carbonyl (C=O) groups excluding carboxylic acids is 1. The molecule has 0 aliphatic carbocycles. The molecule has 1 aliphatic rings. The summed E-state index contributed by atoms with van der Waals surface area (Å²) in [6.45, 7) is 7.62. The average Bonchev–Trinajstić information content (AvgIpc) is 3.09. The summed E-state index contributed by atoms with van der Waals surface area (Å²) >= 11 is 0. The predicted octanol–water partition coefficient (Wildman–Crippen LogP) is 3.16. The van der Waals surface area contributed by atoms with E-state index < -0.39 is 0 Å². The van der Waals surface area contributed by atoms with E-state index in [4.69, 9.17) is 0 Å². The van der Waals surface area contributed by atoms with Crippen LogP contribution in [0.4, 0.5) is 14.9 Å². The van der Waals surface area contributed by atoms with Crippen LogP contribution in [0.3, 0.4) is 0 Å². The van der Waals surface area contributed by atoms with Gasteiger partial charge in [0.05, 0.1) is 17.9 Å². The summed E-state index contributed by atoms with van der Waals surface area (Å²) in [5.74, 6) is -0.338. The molecule has 0 saturated carbocycles. The van der Waals surface area contributed by atoms with Crippen molar-refractivity contribution in [3.63, 3.8) is 0 Å². The van der Waals surface area contributed by atoms with Crippen LogP contribution in [0.2, 0.25) is 0 Å². The maximum Gasteiger partial charge on any atom is 0.318 e. The summed E-state index contributed by atoms with van der Waals surface area (Å²) < 4.78 is 16.1. The molecule has 1 aliphatic heterocycles. The number of hydrogen-bond acceptors (Lipinski definition) is 4. The minimum atomic E-state index is -0.338. The van der Waals surface area contributed by atoms with Gasteiger partial charge in [-0.25, -0.2) is 14.2 Å². The SMILES string of the molecule is Cc1cnc2cccc(C(C)NC(=O)N3CCN(c4ccncc4F)C[C@H]3C)n12. The third kappa shape index (κ3) is 3.62. The van der Waals surface area contributed by atoms with E-state index in [0.29, 0.717) is 25.3 Å². The third-order valence-corrected chi connectivity index (χ3v) is 5.50. The van der Waals surface area contributed by atoms with E-state index in [-0.39, 0.29) is 23.9 Å². The Bertz CT molecular complexity index is 1030. The molecular formula is C21H25FN6O. The first-order chi connectivity index (χ1) is 14.0. The highest BCUT2D eigenvalue weighted by atomic mass is 19.1. The molecule has 4 rings (SSSR count). The molecule has 1 fully saturated rings. The number of aromatic nitrogens is 3. The van der Waals surface area contributed by atoms with Gasteiger partial charge in [0, 0.05) is 49.5 Å². The van der Waals surface area contributed by atoms with Gasteiger partial charge in [0.15, 0.2) is 5.82 Å². The van der Waals surface area contributed by atoms with E-state index in [1.807, 2.05) is 55.0 Å². The number of imidazole rings is 1. The number of hydrogen-bond donors (Lipinski definition) is 1. The molecule has 1 saturated heterocycles. The number of aryl methyl sites for hydroxylation is 1. The van der Waals surface area contributed by atoms with Crippen molar-refractivity contribution in [3.8, 4) is 0 Å². The van der Waals surface area contributed by atoms with Crippen molar-refractivity contribution in [3.05, 3.63) is 60.1 Å². The number of piperazine rings is 1. The minimum Gasteiger partial charge on any atom is -0.365 e. The Labute approximate surface area is 169 Å². The normalized spacial score (nSPS) is 18.1. The lowest BCUT2D eigenvalue weighted by Crippen LogP contribution is -2.57. The van der Waals surface area contributed by atoms with Crippen LogP contribution in [0.5, 0.6) is 0 Å². The van der Waals surface area contributed by atoms with Crippen LogP contribution in [0, 0.1) is 12.7 Å². The lowest BCUT2D eigenvalue weighted by atomic mass is 10.1. The van der Waals surface area contributed by atoms with Crippen molar-refractivity contribution in [2.24, 2.45) is 0 Å². The van der Waals surface area contributed by atoms with Gasteiger partial charge in [-0.15, -0.1) is 0 Å². The molecule has 3 aromatic heterocycles. The predicted molar refractivity (Wildman–Crippen MR) is 109 cm³/mol. The van der Waals surface area contributed by atoms with E-state index >= 15 is 0 Å². The maximum atomic E-state index is 14.0. The maximum absolute atomic E-state index is 14.0. The van der Waals surface area contributed by atoms with Gasteiger partial charge in [-0.2, -0.15) is 0 Å². The van der Waals surface area contributed by atoms with E-state index in [9.17, 15) is 9.18 Å². The molecule has 0 spiro atoms. The molecule has 0 bridgehead atoms. The first-order valence-corrected chi connectivity index (χ1v) is 9.80. The van der Waals surface area contributed by atoms with E-state index in [2.05, 4.69) is 19.7 Å². The van der Waals surface area contributed by atoms with Gasteiger partial charge < -0.3 is 15.1 Å². The number of nitrogens with one attached hydrogen (secondary N) is 1. The molecule has 29 heavy (non-hydrogen) atoms. The summed E-state index contributed by atoms with van der Waals surface area (Å²) in [5, 5.41) is 3.11. The molecule has 1 N–H and O–H groups in total. The summed E-state index contributed by atoms with van der Waals surface area (Å²) in [7, 11) is 0. The number of pyridine rings is 2. The van der Waals surface area contributed by atoms with Crippen LogP contribution in [0.15, 0.2) is 42.9 Å². The highest BCUT2D eigenvalue weighted by Gasteiger charge is 2.29. The van der Waals surface area contributed by atoms with E-state index in [0.717, 1.165) is 17.0 Å². The lowest BCUT2D eigenvalue weighted by Gasteiger charge is -2.41. The smallest absolute Gasteiger partial charge is 0.318 e. The van der Waals surface area contributed by atoms with Crippen molar-refractivity contribution in [1.29, 1.82) is 0 Å². The zero-order valence-electron chi connectivity index (χ0n) is 16.8. The Morgan fingerprint density at radius 2 is 2.10 bits per heavy atom. The van der Waals surface area contributed by atoms with Gasteiger partial charge in [0.2, 0.25) is 0 Å². The molecule has 0 aromatic carbocycles. The Hall–Kier alpha value is -3.16. The Balaban J connectivity index is 1.45. The topological polar surface area (TPSA) is 65.8 Å². The van der Waals surface area contributed by atoms with Crippen LogP contribution in [-0.4, -0.2) is 51.0 Å². The van der Waals surface area contributed by atoms with Crippen LogP contribution < -0.4 is 10.2 Å². The highest BCUT2D eigenvalue weighted by molar-refractivity contribution is 5.75. The van der Waals surface area contributed by atoms with Crippen LogP contribution in [0.25, 0.3) is 5.65 Å². The quantitative estimate of drug-likeness (QED) is 0.739. The zero-order valence-corrected chi connectivity index (χ0v) is 16.8. The molecule has 2 atom stereocenters. The Morgan fingerprint density at radius 3 is 2.86 bits per heavy atom. The first-order valence-electron chi connectivity index (χ1n) is 9.80. The van der Waals surface area contributed by atoms with Crippen molar-refractivity contribution in [2.75, 3.05) is 24.5 Å². The second kappa shape index (κ2) is 7.69. The van der Waals surface area contributed by atoms with Crippen molar-refractivity contribution in [1.82, 2.24) is 24.6 Å². The molecule has 8 heteroatoms. The summed E-state index contributed by atoms with van der Waals surface area (Å²) in [4.78, 5) is 24.9. The molecule has 2 amide bonds. The zero-order chi connectivity index (χ0) is 20.5. The number of halogens is 1. The summed E-state index contributed by atoms with van der Waals surface area (Å²) in [6.07, 6.45) is 4.63.